The van der Waals surface area contributed by atoms with Crippen molar-refractivity contribution in [1.29, 1.82) is 4.78 Å². The molecule has 2 aromatic rings. The van der Waals surface area contributed by atoms with E-state index < -0.39 is 46.3 Å². The van der Waals surface area contributed by atoms with Gasteiger partial charge in [-0.2, -0.15) is 13.2 Å². The lowest BCUT2D eigenvalue weighted by Gasteiger charge is -2.26. The number of rotatable bonds is 4. The Hall–Kier alpha value is -2.76. The first-order valence-corrected chi connectivity index (χ1v) is 12.0. The molecular formula is C21H23F5N4O2S. The molecule has 0 spiro atoms. The van der Waals surface area contributed by atoms with Crippen molar-refractivity contribution in [2.75, 3.05) is 29.6 Å². The summed E-state index contributed by atoms with van der Waals surface area (Å²) >= 11 is 0. The average Bonchev–Trinajstić information content (AvgIpc) is 2.86. The fourth-order valence-corrected chi connectivity index (χ4v) is 4.29. The van der Waals surface area contributed by atoms with E-state index >= 15 is 0 Å². The number of nitrogens with zero attached hydrogens (tertiary/aromatic N) is 2. The zero-order chi connectivity index (χ0) is 24.6. The molecule has 6 nitrogen and oxygen atoms in total. The summed E-state index contributed by atoms with van der Waals surface area (Å²) in [7, 11) is -3.06. The smallest absolute Gasteiger partial charge is 0.356 e. The number of carbonyl (C=O) groups excluding carboxylic acids is 1. The van der Waals surface area contributed by atoms with Gasteiger partial charge in [0, 0.05) is 42.8 Å². The standard InChI is InChI=1S/C21H23F5N4O2S/c1-13-11-16(21(24,25)26)29-18(30-9-4-7-20(22,23)8-10-30)17(13)19(31)28-14-5-3-6-15(12-14)33(2,27)32/h3,5-6,11-12,27H,4,7-10H2,1-2H3,(H,28,31)/t33-/m0/s1. The van der Waals surface area contributed by atoms with Gasteiger partial charge in [-0.3, -0.25) is 4.79 Å². The van der Waals surface area contributed by atoms with E-state index in [1.165, 1.54) is 42.3 Å². The van der Waals surface area contributed by atoms with Gasteiger partial charge < -0.3 is 10.2 Å². The molecule has 0 aliphatic carbocycles. The van der Waals surface area contributed by atoms with Gasteiger partial charge in [-0.25, -0.2) is 22.8 Å². The second-order valence-corrected chi connectivity index (χ2v) is 10.2. The zero-order valence-corrected chi connectivity index (χ0v) is 18.7. The van der Waals surface area contributed by atoms with Crippen molar-refractivity contribution in [2.24, 2.45) is 0 Å². The highest BCUT2D eigenvalue weighted by atomic mass is 32.2. The SMILES string of the molecule is Cc1cc(C(F)(F)F)nc(N2CCCC(F)(F)CC2)c1C(=O)Nc1cccc([S@@](C)(=N)=O)c1. The van der Waals surface area contributed by atoms with Gasteiger partial charge in [-0.15, -0.1) is 0 Å². The number of aryl methyl sites for hydroxylation is 1. The summed E-state index contributed by atoms with van der Waals surface area (Å²) in [5, 5.41) is 2.54. The highest BCUT2D eigenvalue weighted by Gasteiger charge is 2.37. The maximum Gasteiger partial charge on any atom is 0.433 e. The van der Waals surface area contributed by atoms with Gasteiger partial charge in [0.15, 0.2) is 0 Å². The Morgan fingerprint density at radius 3 is 2.55 bits per heavy atom. The van der Waals surface area contributed by atoms with Crippen LogP contribution in [0, 0.1) is 11.7 Å². The van der Waals surface area contributed by atoms with E-state index in [1.807, 2.05) is 0 Å². The lowest BCUT2D eigenvalue weighted by atomic mass is 10.1. The molecule has 3 rings (SSSR count). The first-order chi connectivity index (χ1) is 15.2. The number of anilines is 2. The van der Waals surface area contributed by atoms with Crippen molar-refractivity contribution in [3.8, 4) is 0 Å². The topological polar surface area (TPSA) is 86.2 Å². The molecule has 1 aliphatic rings. The number of benzene rings is 1. The summed E-state index contributed by atoms with van der Waals surface area (Å²) in [6.45, 7) is 1.09. The minimum absolute atomic E-state index is 0.0169. The van der Waals surface area contributed by atoms with Crippen molar-refractivity contribution in [3.05, 3.63) is 47.2 Å². The number of alkyl halides is 5. The van der Waals surface area contributed by atoms with Crippen LogP contribution < -0.4 is 10.2 Å². The highest BCUT2D eigenvalue weighted by Crippen LogP contribution is 2.35. The van der Waals surface area contributed by atoms with Crippen LogP contribution in [0.4, 0.5) is 33.5 Å². The van der Waals surface area contributed by atoms with E-state index in [-0.39, 0.29) is 47.0 Å². The molecule has 2 N–H and O–H groups in total. The van der Waals surface area contributed by atoms with Crippen LogP contribution in [0.3, 0.4) is 0 Å². The Labute approximate surface area is 188 Å². The van der Waals surface area contributed by atoms with E-state index in [9.17, 15) is 31.0 Å². The van der Waals surface area contributed by atoms with Gasteiger partial charge in [0.05, 0.1) is 15.3 Å². The minimum Gasteiger partial charge on any atom is -0.356 e. The monoisotopic (exact) mass is 490 g/mol. The van der Waals surface area contributed by atoms with Crippen LogP contribution in [0.5, 0.6) is 0 Å². The Kier molecular flexibility index (Phi) is 6.69. The molecule has 12 heteroatoms. The van der Waals surface area contributed by atoms with Crippen LogP contribution in [-0.2, 0) is 15.9 Å². The van der Waals surface area contributed by atoms with Gasteiger partial charge in [-0.05, 0) is 43.2 Å². The molecule has 2 heterocycles. The van der Waals surface area contributed by atoms with E-state index in [4.69, 9.17) is 4.78 Å². The fraction of sp³-hybridized carbons (Fsp3) is 0.429. The first-order valence-electron chi connectivity index (χ1n) is 10.0. The van der Waals surface area contributed by atoms with Crippen molar-refractivity contribution in [1.82, 2.24) is 4.98 Å². The molecule has 33 heavy (non-hydrogen) atoms. The van der Waals surface area contributed by atoms with Crippen molar-refractivity contribution in [2.45, 2.75) is 43.2 Å². The molecule has 0 unspecified atom stereocenters. The normalized spacial score (nSPS) is 18.3. The van der Waals surface area contributed by atoms with Crippen LogP contribution >= 0.6 is 0 Å². The van der Waals surface area contributed by atoms with Crippen LogP contribution in [0.2, 0.25) is 0 Å². The molecule has 1 amide bonds. The van der Waals surface area contributed by atoms with Gasteiger partial charge in [-0.1, -0.05) is 6.07 Å². The highest BCUT2D eigenvalue weighted by molar-refractivity contribution is 7.91. The van der Waals surface area contributed by atoms with Crippen molar-refractivity contribution >= 4 is 27.1 Å². The number of aromatic nitrogens is 1. The van der Waals surface area contributed by atoms with Gasteiger partial charge in [0.25, 0.3) is 5.91 Å². The number of hydrogen-bond acceptors (Lipinski definition) is 5. The Bertz CT molecular complexity index is 1170. The molecule has 1 fully saturated rings. The minimum atomic E-state index is -4.78. The van der Waals surface area contributed by atoms with Crippen molar-refractivity contribution in [3.63, 3.8) is 0 Å². The van der Waals surface area contributed by atoms with E-state index in [1.54, 1.807) is 0 Å². The summed E-state index contributed by atoms with van der Waals surface area (Å²) < 4.78 is 87.6. The van der Waals surface area contributed by atoms with E-state index in [2.05, 4.69) is 10.3 Å². The molecule has 1 saturated heterocycles. The lowest BCUT2D eigenvalue weighted by Crippen LogP contribution is -2.31. The molecular weight excluding hydrogens is 467 g/mol. The van der Waals surface area contributed by atoms with Gasteiger partial charge >= 0.3 is 6.18 Å². The summed E-state index contributed by atoms with van der Waals surface area (Å²) in [4.78, 5) is 18.2. The predicted molar refractivity (Wildman–Crippen MR) is 114 cm³/mol. The molecule has 1 atom stereocenters. The van der Waals surface area contributed by atoms with Crippen LogP contribution in [0.1, 0.15) is 40.9 Å². The summed E-state index contributed by atoms with van der Waals surface area (Å²) in [6, 6.07) is 6.50. The Morgan fingerprint density at radius 2 is 1.91 bits per heavy atom. The fourth-order valence-electron chi connectivity index (χ4n) is 3.60. The Morgan fingerprint density at radius 1 is 1.21 bits per heavy atom. The quantitative estimate of drug-likeness (QED) is 0.568. The van der Waals surface area contributed by atoms with Gasteiger partial charge in [0.2, 0.25) is 5.92 Å². The largest absolute Gasteiger partial charge is 0.433 e. The summed E-state index contributed by atoms with van der Waals surface area (Å²) in [6.07, 6.45) is -4.51. The van der Waals surface area contributed by atoms with Crippen molar-refractivity contribution < 1.29 is 31.0 Å². The average molecular weight is 490 g/mol. The lowest BCUT2D eigenvalue weighted by molar-refractivity contribution is -0.141. The number of amides is 1. The third-order valence-corrected chi connectivity index (χ3v) is 6.43. The third-order valence-electron chi connectivity index (χ3n) is 5.27. The molecule has 1 aliphatic heterocycles. The maximum absolute atomic E-state index is 13.8. The summed E-state index contributed by atoms with van der Waals surface area (Å²) in [5.41, 5.74) is -1.21. The van der Waals surface area contributed by atoms with Crippen LogP contribution in [0.15, 0.2) is 35.2 Å². The first kappa shape index (κ1) is 24.9. The number of pyridine rings is 1. The molecule has 0 radical (unpaired) electrons. The van der Waals surface area contributed by atoms with Crippen LogP contribution in [-0.4, -0.2) is 40.4 Å². The van der Waals surface area contributed by atoms with E-state index in [0.29, 0.717) is 0 Å². The Balaban J connectivity index is 2.04. The third kappa shape index (κ3) is 5.98. The molecule has 0 bridgehead atoms. The number of hydrogen-bond donors (Lipinski definition) is 2. The van der Waals surface area contributed by atoms with Gasteiger partial charge in [0.1, 0.15) is 11.5 Å². The molecule has 0 saturated carbocycles. The zero-order valence-electron chi connectivity index (χ0n) is 17.9. The summed E-state index contributed by atoms with van der Waals surface area (Å²) in [5.74, 6) is -4.05. The predicted octanol–water partition coefficient (Wildman–Crippen LogP) is 5.32. The maximum atomic E-state index is 13.8. The molecule has 1 aromatic carbocycles. The molecule has 1 aromatic heterocycles. The van der Waals surface area contributed by atoms with Crippen LogP contribution in [0.25, 0.3) is 0 Å². The number of halogens is 5. The second kappa shape index (κ2) is 8.88. The van der Waals surface area contributed by atoms with E-state index in [0.717, 1.165) is 6.07 Å². The number of nitrogens with one attached hydrogen (secondary N) is 2. The molecule has 180 valence electrons. The second-order valence-electron chi connectivity index (χ2n) is 8.04. The number of carbonyl (C=O) groups is 1.